The fourth-order valence-electron chi connectivity index (χ4n) is 2.93. The van der Waals surface area contributed by atoms with Crippen LogP contribution in [0.5, 0.6) is 0 Å². The van der Waals surface area contributed by atoms with Crippen molar-refractivity contribution in [3.8, 4) is 0 Å². The number of carbonyl (C=O) groups is 1. The summed E-state index contributed by atoms with van der Waals surface area (Å²) >= 11 is 12.0. The lowest BCUT2D eigenvalue weighted by molar-refractivity contribution is -0.120. The van der Waals surface area contributed by atoms with E-state index in [0.29, 0.717) is 5.56 Å². The van der Waals surface area contributed by atoms with Gasteiger partial charge in [-0.2, -0.15) is 0 Å². The van der Waals surface area contributed by atoms with Gasteiger partial charge in [0.2, 0.25) is 5.91 Å². The van der Waals surface area contributed by atoms with Gasteiger partial charge in [0.15, 0.2) is 0 Å². The molecule has 3 aromatic carbocycles. The largest absolute Gasteiger partial charge is 0.348 e. The summed E-state index contributed by atoms with van der Waals surface area (Å²) < 4.78 is 40.7. The second-order valence-electron chi connectivity index (χ2n) is 6.76. The number of hydrogen-bond donors (Lipinski definition) is 1. The summed E-state index contributed by atoms with van der Waals surface area (Å²) in [6.45, 7) is 1.24. The van der Waals surface area contributed by atoms with Crippen molar-refractivity contribution in [3.05, 3.63) is 94.2 Å². The molecule has 1 atom stereocenters. The van der Waals surface area contributed by atoms with Crippen molar-refractivity contribution in [1.82, 2.24) is 5.32 Å². The monoisotopic (exact) mass is 480 g/mol. The molecule has 0 aromatic heterocycles. The molecule has 5 nitrogen and oxygen atoms in total. The normalized spacial score (nSPS) is 12.3. The highest BCUT2D eigenvalue weighted by Gasteiger charge is 2.28. The quantitative estimate of drug-likeness (QED) is 0.504. The lowest BCUT2D eigenvalue weighted by Crippen LogP contribution is -2.41. The third-order valence-electron chi connectivity index (χ3n) is 4.56. The average Bonchev–Trinajstić information content (AvgIpc) is 2.75. The van der Waals surface area contributed by atoms with Crippen LogP contribution in [0, 0.1) is 5.82 Å². The number of sulfonamides is 1. The zero-order valence-electron chi connectivity index (χ0n) is 16.4. The van der Waals surface area contributed by atoms with Gasteiger partial charge in [-0.15, -0.1) is 0 Å². The third kappa shape index (κ3) is 5.55. The standard InChI is InChI=1S/C22H19Cl2FN2O3S/c1-15(16-7-9-17(25)10-8-16)26-22(28)14-27(18-11-12-20(23)21(24)13-18)31(29,30)19-5-3-2-4-6-19/h2-13,15H,14H2,1H3,(H,26,28)/t15-/m0/s1. The Kier molecular flexibility index (Phi) is 7.20. The van der Waals surface area contributed by atoms with Crippen molar-refractivity contribution in [1.29, 1.82) is 0 Å². The Morgan fingerprint density at radius 1 is 1.00 bits per heavy atom. The molecule has 0 aliphatic carbocycles. The molecular formula is C22H19Cl2FN2O3S. The molecule has 0 aliphatic rings. The summed E-state index contributed by atoms with van der Waals surface area (Å²) in [5.74, 6) is -0.926. The van der Waals surface area contributed by atoms with E-state index in [2.05, 4.69) is 5.32 Å². The molecule has 0 heterocycles. The van der Waals surface area contributed by atoms with Gasteiger partial charge in [-0.05, 0) is 55.0 Å². The topological polar surface area (TPSA) is 66.5 Å². The second kappa shape index (κ2) is 9.68. The Morgan fingerprint density at radius 2 is 1.65 bits per heavy atom. The molecule has 0 bridgehead atoms. The van der Waals surface area contributed by atoms with Gasteiger partial charge in [0.1, 0.15) is 12.4 Å². The highest BCUT2D eigenvalue weighted by molar-refractivity contribution is 7.92. The average molecular weight is 481 g/mol. The van der Waals surface area contributed by atoms with E-state index < -0.39 is 28.5 Å². The maximum atomic E-state index is 13.3. The van der Waals surface area contributed by atoms with Gasteiger partial charge in [-0.1, -0.05) is 53.5 Å². The first-order valence-corrected chi connectivity index (χ1v) is 11.5. The first kappa shape index (κ1) is 23.1. The van der Waals surface area contributed by atoms with E-state index >= 15 is 0 Å². The summed E-state index contributed by atoms with van der Waals surface area (Å²) in [5, 5.41) is 3.16. The van der Waals surface area contributed by atoms with E-state index in [0.717, 1.165) is 4.31 Å². The van der Waals surface area contributed by atoms with Gasteiger partial charge in [0.25, 0.3) is 10.0 Å². The molecule has 162 valence electrons. The molecule has 0 saturated carbocycles. The predicted octanol–water partition coefficient (Wildman–Crippen LogP) is 5.21. The molecule has 1 N–H and O–H groups in total. The van der Waals surface area contributed by atoms with Crippen LogP contribution in [-0.4, -0.2) is 20.9 Å². The number of rotatable bonds is 7. The zero-order valence-corrected chi connectivity index (χ0v) is 18.8. The summed E-state index contributed by atoms with van der Waals surface area (Å²) in [6, 6.07) is 17.3. The molecule has 0 fully saturated rings. The van der Waals surface area contributed by atoms with Crippen LogP contribution < -0.4 is 9.62 Å². The second-order valence-corrected chi connectivity index (χ2v) is 9.44. The highest BCUT2D eigenvalue weighted by atomic mass is 35.5. The van der Waals surface area contributed by atoms with Gasteiger partial charge in [-0.25, -0.2) is 12.8 Å². The molecule has 31 heavy (non-hydrogen) atoms. The zero-order chi connectivity index (χ0) is 22.6. The Hall–Kier alpha value is -2.61. The van der Waals surface area contributed by atoms with Crippen molar-refractivity contribution in [2.75, 3.05) is 10.8 Å². The third-order valence-corrected chi connectivity index (χ3v) is 7.08. The number of amides is 1. The Labute approximate surface area is 190 Å². The van der Waals surface area contributed by atoms with E-state index in [4.69, 9.17) is 23.2 Å². The molecular weight excluding hydrogens is 462 g/mol. The highest BCUT2D eigenvalue weighted by Crippen LogP contribution is 2.30. The number of nitrogens with zero attached hydrogens (tertiary/aromatic N) is 1. The number of anilines is 1. The fourth-order valence-corrected chi connectivity index (χ4v) is 4.65. The van der Waals surface area contributed by atoms with Gasteiger partial charge < -0.3 is 5.32 Å². The minimum absolute atomic E-state index is 0.0282. The number of hydrogen-bond acceptors (Lipinski definition) is 3. The van der Waals surface area contributed by atoms with Crippen LogP contribution in [0.3, 0.4) is 0 Å². The number of nitrogens with one attached hydrogen (secondary N) is 1. The minimum Gasteiger partial charge on any atom is -0.348 e. The molecule has 3 aromatic rings. The Morgan fingerprint density at radius 3 is 2.26 bits per heavy atom. The van der Waals surface area contributed by atoms with Gasteiger partial charge in [-0.3, -0.25) is 9.10 Å². The first-order valence-electron chi connectivity index (χ1n) is 9.26. The first-order chi connectivity index (χ1) is 14.7. The minimum atomic E-state index is -4.06. The molecule has 0 radical (unpaired) electrons. The number of carbonyl (C=O) groups excluding carboxylic acids is 1. The SMILES string of the molecule is C[C@H](NC(=O)CN(c1ccc(Cl)c(Cl)c1)S(=O)(=O)c1ccccc1)c1ccc(F)cc1. The molecule has 0 aliphatic heterocycles. The Balaban J connectivity index is 1.90. The van der Waals surface area contributed by atoms with Gasteiger partial charge in [0, 0.05) is 0 Å². The predicted molar refractivity (Wildman–Crippen MR) is 120 cm³/mol. The summed E-state index contributed by atoms with van der Waals surface area (Å²) in [5.41, 5.74) is 0.879. The van der Waals surface area contributed by atoms with Crippen LogP contribution in [0.15, 0.2) is 77.7 Å². The lowest BCUT2D eigenvalue weighted by atomic mass is 10.1. The summed E-state index contributed by atoms with van der Waals surface area (Å²) in [7, 11) is -4.06. The van der Waals surface area contributed by atoms with Gasteiger partial charge >= 0.3 is 0 Å². The van der Waals surface area contributed by atoms with Crippen molar-refractivity contribution in [3.63, 3.8) is 0 Å². The van der Waals surface area contributed by atoms with E-state index in [1.54, 1.807) is 37.3 Å². The summed E-state index contributed by atoms with van der Waals surface area (Å²) in [4.78, 5) is 12.8. The van der Waals surface area contributed by atoms with Crippen molar-refractivity contribution >= 4 is 44.8 Å². The molecule has 0 saturated heterocycles. The van der Waals surface area contributed by atoms with E-state index in [1.807, 2.05) is 0 Å². The molecule has 0 unspecified atom stereocenters. The van der Waals surface area contributed by atoms with E-state index in [-0.39, 0.29) is 26.4 Å². The van der Waals surface area contributed by atoms with Gasteiger partial charge in [0.05, 0.1) is 26.7 Å². The van der Waals surface area contributed by atoms with Crippen LogP contribution in [0.2, 0.25) is 10.0 Å². The smallest absolute Gasteiger partial charge is 0.264 e. The fraction of sp³-hybridized carbons (Fsp3) is 0.136. The molecule has 1 amide bonds. The van der Waals surface area contributed by atoms with E-state index in [9.17, 15) is 17.6 Å². The van der Waals surface area contributed by atoms with E-state index in [1.165, 1.54) is 42.5 Å². The number of benzene rings is 3. The van der Waals surface area contributed by atoms with Crippen LogP contribution in [0.1, 0.15) is 18.5 Å². The van der Waals surface area contributed by atoms with Crippen LogP contribution in [0.25, 0.3) is 0 Å². The van der Waals surface area contributed by atoms with Crippen LogP contribution in [0.4, 0.5) is 10.1 Å². The molecule has 9 heteroatoms. The molecule has 0 spiro atoms. The van der Waals surface area contributed by atoms with Crippen molar-refractivity contribution < 1.29 is 17.6 Å². The van der Waals surface area contributed by atoms with Crippen LogP contribution >= 0.6 is 23.2 Å². The lowest BCUT2D eigenvalue weighted by Gasteiger charge is -2.25. The maximum absolute atomic E-state index is 13.3. The Bertz CT molecular complexity index is 1170. The van der Waals surface area contributed by atoms with Crippen molar-refractivity contribution in [2.45, 2.75) is 17.9 Å². The number of halogens is 3. The maximum Gasteiger partial charge on any atom is 0.264 e. The summed E-state index contributed by atoms with van der Waals surface area (Å²) in [6.07, 6.45) is 0. The molecule has 3 rings (SSSR count). The van der Waals surface area contributed by atoms with Crippen LogP contribution in [-0.2, 0) is 14.8 Å². The van der Waals surface area contributed by atoms with Crippen molar-refractivity contribution in [2.24, 2.45) is 0 Å².